The lowest BCUT2D eigenvalue weighted by Crippen LogP contribution is -2.44. The monoisotopic (exact) mass is 428 g/mol. The maximum absolute atomic E-state index is 12.9. The lowest BCUT2D eigenvalue weighted by atomic mass is 9.93. The van der Waals surface area contributed by atoms with Crippen LogP contribution in [0.25, 0.3) is 0 Å². The lowest BCUT2D eigenvalue weighted by molar-refractivity contribution is -0.127. The van der Waals surface area contributed by atoms with Crippen LogP contribution in [0.2, 0.25) is 0 Å². The van der Waals surface area contributed by atoms with Crippen molar-refractivity contribution in [3.63, 3.8) is 0 Å². The number of carbonyl (C=O) groups is 1. The highest BCUT2D eigenvalue weighted by Gasteiger charge is 2.32. The topological polar surface area (TPSA) is 66.5 Å². The molecule has 0 bridgehead atoms. The Bertz CT molecular complexity index is 906. The number of hydrogen-bond acceptors (Lipinski definition) is 3. The molecule has 1 N–H and O–H groups in total. The van der Waals surface area contributed by atoms with Gasteiger partial charge >= 0.3 is 0 Å². The normalized spacial score (nSPS) is 17.0. The van der Waals surface area contributed by atoms with Crippen LogP contribution in [-0.2, 0) is 20.6 Å². The van der Waals surface area contributed by atoms with Crippen LogP contribution < -0.4 is 5.32 Å². The van der Waals surface area contributed by atoms with Crippen LogP contribution in [0, 0.1) is 11.8 Å². The average molecular weight is 429 g/mol. The van der Waals surface area contributed by atoms with Crippen molar-refractivity contribution in [3.8, 4) is 0 Å². The molecule has 0 spiro atoms. The summed E-state index contributed by atoms with van der Waals surface area (Å²) in [7, 11) is -3.37. The highest BCUT2D eigenvalue weighted by atomic mass is 32.2. The molecule has 0 unspecified atom stereocenters. The molecule has 0 radical (unpaired) electrons. The van der Waals surface area contributed by atoms with Crippen molar-refractivity contribution >= 4 is 15.9 Å². The maximum atomic E-state index is 12.9. The van der Waals surface area contributed by atoms with E-state index in [2.05, 4.69) is 19.2 Å². The Balaban J connectivity index is 1.57. The number of rotatable bonds is 8. The molecule has 2 aromatic carbocycles. The van der Waals surface area contributed by atoms with Gasteiger partial charge in [-0.1, -0.05) is 74.5 Å². The minimum Gasteiger partial charge on any atom is -0.349 e. The first-order valence-electron chi connectivity index (χ1n) is 10.7. The highest BCUT2D eigenvalue weighted by molar-refractivity contribution is 7.88. The van der Waals surface area contributed by atoms with Gasteiger partial charge in [0.2, 0.25) is 15.9 Å². The van der Waals surface area contributed by atoms with Crippen molar-refractivity contribution in [2.75, 3.05) is 13.1 Å². The van der Waals surface area contributed by atoms with Gasteiger partial charge in [-0.25, -0.2) is 12.7 Å². The van der Waals surface area contributed by atoms with Crippen LogP contribution in [0.4, 0.5) is 0 Å². The first kappa shape index (κ1) is 22.5. The Kier molecular flexibility index (Phi) is 7.67. The molecular weight excluding hydrogens is 396 g/mol. The molecule has 1 amide bonds. The van der Waals surface area contributed by atoms with Crippen molar-refractivity contribution in [2.45, 2.75) is 44.9 Å². The summed E-state index contributed by atoms with van der Waals surface area (Å²) < 4.78 is 27.0. The standard InChI is InChI=1S/C24H32N2O3S/c1-19(2)17-23(21-11-7-4-8-12-21)25-24(27)22-13-15-26(16-14-22)30(28,29)18-20-9-5-3-6-10-20/h3-12,19,22-23H,13-18H2,1-2H3,(H,25,27)/t23-/m1/s1. The number of nitrogens with one attached hydrogen (secondary N) is 1. The van der Waals surface area contributed by atoms with Gasteiger partial charge in [0, 0.05) is 19.0 Å². The van der Waals surface area contributed by atoms with Crippen molar-refractivity contribution in [3.05, 3.63) is 71.8 Å². The van der Waals surface area contributed by atoms with Gasteiger partial charge in [0.1, 0.15) is 0 Å². The molecule has 1 aliphatic rings. The van der Waals surface area contributed by atoms with Crippen LogP contribution in [0.5, 0.6) is 0 Å². The van der Waals surface area contributed by atoms with Crippen LogP contribution in [0.3, 0.4) is 0 Å². The zero-order valence-corrected chi connectivity index (χ0v) is 18.6. The Labute approximate surface area is 180 Å². The van der Waals surface area contributed by atoms with Crippen LogP contribution in [-0.4, -0.2) is 31.7 Å². The number of sulfonamides is 1. The van der Waals surface area contributed by atoms with Gasteiger partial charge in [0.25, 0.3) is 0 Å². The van der Waals surface area contributed by atoms with Crippen LogP contribution in [0.15, 0.2) is 60.7 Å². The van der Waals surface area contributed by atoms with E-state index in [1.165, 1.54) is 4.31 Å². The molecule has 0 saturated carbocycles. The quantitative estimate of drug-likeness (QED) is 0.687. The number of piperidine rings is 1. The van der Waals surface area contributed by atoms with E-state index in [1.807, 2.05) is 60.7 Å². The maximum Gasteiger partial charge on any atom is 0.223 e. The number of benzene rings is 2. The van der Waals surface area contributed by atoms with E-state index < -0.39 is 10.0 Å². The summed E-state index contributed by atoms with van der Waals surface area (Å²) in [5.41, 5.74) is 1.90. The summed E-state index contributed by atoms with van der Waals surface area (Å²) in [5.74, 6) is 0.353. The second-order valence-electron chi connectivity index (χ2n) is 8.52. The third kappa shape index (κ3) is 6.16. The molecule has 1 heterocycles. The van der Waals surface area contributed by atoms with Crippen molar-refractivity contribution in [2.24, 2.45) is 11.8 Å². The Hall–Kier alpha value is -2.18. The Morgan fingerprint density at radius 2 is 1.57 bits per heavy atom. The minimum atomic E-state index is -3.37. The average Bonchev–Trinajstić information content (AvgIpc) is 2.74. The fourth-order valence-corrected chi connectivity index (χ4v) is 5.56. The van der Waals surface area contributed by atoms with Gasteiger partial charge in [-0.05, 0) is 36.3 Å². The van der Waals surface area contributed by atoms with E-state index >= 15 is 0 Å². The van der Waals surface area contributed by atoms with Crippen LogP contribution in [0.1, 0.15) is 50.3 Å². The predicted octanol–water partition coefficient (Wildman–Crippen LogP) is 4.13. The lowest BCUT2D eigenvalue weighted by Gasteiger charge is -2.32. The fourth-order valence-electron chi connectivity index (χ4n) is 4.00. The Morgan fingerprint density at radius 3 is 2.13 bits per heavy atom. The Morgan fingerprint density at radius 1 is 1.00 bits per heavy atom. The zero-order chi connectivity index (χ0) is 21.6. The molecule has 1 atom stereocenters. The van der Waals surface area contributed by atoms with Gasteiger partial charge in [-0.15, -0.1) is 0 Å². The molecule has 5 nitrogen and oxygen atoms in total. The first-order chi connectivity index (χ1) is 14.3. The van der Waals surface area contributed by atoms with Crippen LogP contribution >= 0.6 is 0 Å². The van der Waals surface area contributed by atoms with Crippen molar-refractivity contribution < 1.29 is 13.2 Å². The van der Waals surface area contributed by atoms with Gasteiger partial charge < -0.3 is 5.32 Å². The first-order valence-corrected chi connectivity index (χ1v) is 12.3. The molecule has 162 valence electrons. The molecule has 0 aromatic heterocycles. The van der Waals surface area contributed by atoms with E-state index in [-0.39, 0.29) is 23.6 Å². The molecule has 2 aromatic rings. The van der Waals surface area contributed by atoms with E-state index in [0.717, 1.165) is 17.5 Å². The third-order valence-electron chi connectivity index (χ3n) is 5.64. The number of carbonyl (C=O) groups excluding carboxylic acids is 1. The SMILES string of the molecule is CC(C)C[C@@H](NC(=O)C1CCN(S(=O)(=O)Cc2ccccc2)CC1)c1ccccc1. The molecule has 1 saturated heterocycles. The number of hydrogen-bond donors (Lipinski definition) is 1. The second-order valence-corrected chi connectivity index (χ2v) is 10.5. The summed E-state index contributed by atoms with van der Waals surface area (Å²) in [6.07, 6.45) is 1.99. The van der Waals surface area contributed by atoms with Gasteiger partial charge in [-0.3, -0.25) is 4.79 Å². The summed E-state index contributed by atoms with van der Waals surface area (Å²) >= 11 is 0. The second kappa shape index (κ2) is 10.2. The summed E-state index contributed by atoms with van der Waals surface area (Å²) in [6, 6.07) is 19.3. The fraction of sp³-hybridized carbons (Fsp3) is 0.458. The van der Waals surface area contributed by atoms with Gasteiger partial charge in [-0.2, -0.15) is 0 Å². The summed E-state index contributed by atoms with van der Waals surface area (Å²) in [5, 5.41) is 3.22. The minimum absolute atomic E-state index is 0.00910. The summed E-state index contributed by atoms with van der Waals surface area (Å²) in [6.45, 7) is 5.09. The number of nitrogens with zero attached hydrogens (tertiary/aromatic N) is 1. The molecule has 6 heteroatoms. The smallest absolute Gasteiger partial charge is 0.223 e. The number of amides is 1. The molecular formula is C24H32N2O3S. The molecule has 3 rings (SSSR count). The van der Waals surface area contributed by atoms with E-state index in [9.17, 15) is 13.2 Å². The van der Waals surface area contributed by atoms with Gasteiger partial charge in [0.05, 0.1) is 11.8 Å². The zero-order valence-electron chi connectivity index (χ0n) is 17.8. The third-order valence-corrected chi connectivity index (χ3v) is 7.49. The van der Waals surface area contributed by atoms with Crippen molar-refractivity contribution in [1.82, 2.24) is 9.62 Å². The highest BCUT2D eigenvalue weighted by Crippen LogP contribution is 2.25. The van der Waals surface area contributed by atoms with E-state index in [0.29, 0.717) is 31.8 Å². The predicted molar refractivity (Wildman–Crippen MR) is 120 cm³/mol. The van der Waals surface area contributed by atoms with E-state index in [4.69, 9.17) is 0 Å². The molecule has 30 heavy (non-hydrogen) atoms. The van der Waals surface area contributed by atoms with E-state index in [1.54, 1.807) is 0 Å². The molecule has 0 aliphatic carbocycles. The molecule has 1 fully saturated rings. The van der Waals surface area contributed by atoms with Gasteiger partial charge in [0.15, 0.2) is 0 Å². The summed E-state index contributed by atoms with van der Waals surface area (Å²) in [4.78, 5) is 12.9. The van der Waals surface area contributed by atoms with Crippen molar-refractivity contribution in [1.29, 1.82) is 0 Å². The molecule has 1 aliphatic heterocycles. The largest absolute Gasteiger partial charge is 0.349 e.